The topological polar surface area (TPSA) is 23.5 Å². The quantitative estimate of drug-likeness (QED) is 0.524. The van der Waals surface area contributed by atoms with E-state index in [1.807, 2.05) is 0 Å². The minimum absolute atomic E-state index is 0.236. The zero-order chi connectivity index (χ0) is 20.3. The number of benzene rings is 1. The summed E-state index contributed by atoms with van der Waals surface area (Å²) in [5.41, 5.74) is 2.27. The van der Waals surface area contributed by atoms with Crippen LogP contribution >= 0.6 is 12.6 Å². The van der Waals surface area contributed by atoms with E-state index in [2.05, 4.69) is 69.5 Å². The third-order valence-electron chi connectivity index (χ3n) is 7.61. The molecule has 2 saturated carbocycles. The van der Waals surface area contributed by atoms with Crippen LogP contribution in [0.1, 0.15) is 97.0 Å². The Labute approximate surface area is 178 Å². The molecule has 2 aliphatic carbocycles. The van der Waals surface area contributed by atoms with E-state index in [1.54, 1.807) is 0 Å². The Balaban J connectivity index is 1.78. The van der Waals surface area contributed by atoms with Crippen LogP contribution in [0.4, 0.5) is 5.69 Å². The molecule has 2 unspecified atom stereocenters. The standard InChI is InChI=1S/C25H41NOS/c1-18(2)21-10-12-23(13-11-21)26(22-8-6-5-7-9-22)24-14-16-25(27,17-15-24)19(3)20(4)28/h10-13,18-20,22,24,27-28H,5-9,14-17H2,1-4H3. The maximum Gasteiger partial charge on any atom is 0.0685 e. The van der Waals surface area contributed by atoms with Gasteiger partial charge in [0, 0.05) is 23.0 Å². The summed E-state index contributed by atoms with van der Waals surface area (Å²) in [7, 11) is 0. The summed E-state index contributed by atoms with van der Waals surface area (Å²) in [6.07, 6.45) is 10.7. The molecular weight excluding hydrogens is 362 g/mol. The van der Waals surface area contributed by atoms with E-state index >= 15 is 0 Å². The number of rotatable bonds is 6. The molecule has 0 aromatic heterocycles. The minimum atomic E-state index is -0.544. The number of aliphatic hydroxyl groups is 1. The number of anilines is 1. The van der Waals surface area contributed by atoms with E-state index in [1.165, 1.54) is 43.4 Å². The summed E-state index contributed by atoms with van der Waals surface area (Å²) in [4.78, 5) is 2.75. The molecule has 0 amide bonds. The summed E-state index contributed by atoms with van der Waals surface area (Å²) >= 11 is 4.62. The van der Waals surface area contributed by atoms with Crippen LogP contribution in [0.15, 0.2) is 24.3 Å². The molecule has 1 aromatic rings. The highest BCUT2D eigenvalue weighted by molar-refractivity contribution is 7.80. The van der Waals surface area contributed by atoms with Gasteiger partial charge in [0.25, 0.3) is 0 Å². The molecule has 0 spiro atoms. The number of hydrogen-bond donors (Lipinski definition) is 2. The molecule has 0 aliphatic heterocycles. The summed E-state index contributed by atoms with van der Waals surface area (Å²) in [5, 5.41) is 11.5. The van der Waals surface area contributed by atoms with Crippen molar-refractivity contribution in [3.63, 3.8) is 0 Å². The minimum Gasteiger partial charge on any atom is -0.390 e. The Hall–Kier alpha value is -0.670. The van der Waals surface area contributed by atoms with E-state index in [9.17, 15) is 5.11 Å². The second kappa shape index (κ2) is 9.43. The van der Waals surface area contributed by atoms with Gasteiger partial charge in [0.2, 0.25) is 0 Å². The highest BCUT2D eigenvalue weighted by Gasteiger charge is 2.41. The fraction of sp³-hybridized carbons (Fsp3) is 0.760. The predicted molar refractivity (Wildman–Crippen MR) is 125 cm³/mol. The summed E-state index contributed by atoms with van der Waals surface area (Å²) in [5.74, 6) is 0.816. The van der Waals surface area contributed by atoms with Crippen molar-refractivity contribution in [2.24, 2.45) is 5.92 Å². The van der Waals surface area contributed by atoms with Gasteiger partial charge < -0.3 is 10.0 Å². The first-order valence-corrected chi connectivity index (χ1v) is 12.1. The molecule has 2 atom stereocenters. The second-order valence-electron chi connectivity index (χ2n) is 9.81. The SMILES string of the molecule is CC(C)c1ccc(N(C2CCCCC2)C2CCC(O)(C(C)C(C)S)CC2)cc1. The van der Waals surface area contributed by atoms with E-state index in [-0.39, 0.29) is 11.2 Å². The van der Waals surface area contributed by atoms with Crippen molar-refractivity contribution in [3.05, 3.63) is 29.8 Å². The Morgan fingerprint density at radius 2 is 1.43 bits per heavy atom. The monoisotopic (exact) mass is 403 g/mol. The van der Waals surface area contributed by atoms with E-state index in [0.717, 1.165) is 25.7 Å². The van der Waals surface area contributed by atoms with E-state index in [4.69, 9.17) is 0 Å². The van der Waals surface area contributed by atoms with Crippen molar-refractivity contribution in [1.29, 1.82) is 0 Å². The molecule has 2 fully saturated rings. The zero-order valence-electron chi connectivity index (χ0n) is 18.4. The van der Waals surface area contributed by atoms with Gasteiger partial charge in [-0.1, -0.05) is 59.1 Å². The molecule has 3 rings (SSSR count). The lowest BCUT2D eigenvalue weighted by Gasteiger charge is -2.48. The normalized spacial score (nSPS) is 28.9. The number of hydrogen-bond acceptors (Lipinski definition) is 3. The molecule has 1 aromatic carbocycles. The molecule has 0 radical (unpaired) electrons. The lowest BCUT2D eigenvalue weighted by molar-refractivity contribution is -0.0464. The molecular formula is C25H41NOS. The van der Waals surface area contributed by atoms with Gasteiger partial charge in [-0.3, -0.25) is 0 Å². The molecule has 158 valence electrons. The molecule has 2 aliphatic rings. The van der Waals surface area contributed by atoms with Crippen LogP contribution in [0.3, 0.4) is 0 Å². The third-order valence-corrected chi connectivity index (χ3v) is 8.06. The first kappa shape index (κ1) is 22.0. The lowest BCUT2D eigenvalue weighted by Crippen LogP contribution is -2.51. The van der Waals surface area contributed by atoms with Gasteiger partial charge in [-0.25, -0.2) is 0 Å². The fourth-order valence-electron chi connectivity index (χ4n) is 5.40. The Morgan fingerprint density at radius 1 is 0.893 bits per heavy atom. The Morgan fingerprint density at radius 3 is 1.93 bits per heavy atom. The van der Waals surface area contributed by atoms with Crippen molar-refractivity contribution in [2.45, 2.75) is 114 Å². The fourth-order valence-corrected chi connectivity index (χ4v) is 5.67. The molecule has 0 saturated heterocycles. The molecule has 0 bridgehead atoms. The summed E-state index contributed by atoms with van der Waals surface area (Å²) in [6, 6.07) is 10.6. The summed E-state index contributed by atoms with van der Waals surface area (Å²) in [6.45, 7) is 8.81. The average Bonchev–Trinajstić information content (AvgIpc) is 2.70. The van der Waals surface area contributed by atoms with E-state index < -0.39 is 5.60 Å². The van der Waals surface area contributed by atoms with Crippen molar-refractivity contribution >= 4 is 18.3 Å². The van der Waals surface area contributed by atoms with Crippen molar-refractivity contribution in [3.8, 4) is 0 Å². The Kier molecular flexibility index (Phi) is 7.42. The molecule has 2 nitrogen and oxygen atoms in total. The zero-order valence-corrected chi connectivity index (χ0v) is 19.3. The summed E-state index contributed by atoms with van der Waals surface area (Å²) < 4.78 is 0. The van der Waals surface area contributed by atoms with E-state index in [0.29, 0.717) is 18.0 Å². The number of nitrogens with zero attached hydrogens (tertiary/aromatic N) is 1. The predicted octanol–water partition coefficient (Wildman–Crippen LogP) is 6.58. The smallest absolute Gasteiger partial charge is 0.0685 e. The molecule has 0 heterocycles. The van der Waals surface area contributed by atoms with Gasteiger partial charge in [-0.15, -0.1) is 0 Å². The van der Waals surface area contributed by atoms with Crippen LogP contribution in [-0.4, -0.2) is 28.0 Å². The van der Waals surface area contributed by atoms with Crippen molar-refractivity contribution in [1.82, 2.24) is 0 Å². The van der Waals surface area contributed by atoms with Gasteiger partial charge in [-0.2, -0.15) is 12.6 Å². The third kappa shape index (κ3) is 4.90. The van der Waals surface area contributed by atoms with Crippen molar-refractivity contribution < 1.29 is 5.11 Å². The van der Waals surface area contributed by atoms with Gasteiger partial charge in [0.05, 0.1) is 5.60 Å². The molecule has 28 heavy (non-hydrogen) atoms. The largest absolute Gasteiger partial charge is 0.390 e. The van der Waals surface area contributed by atoms with Crippen LogP contribution in [0.5, 0.6) is 0 Å². The van der Waals surface area contributed by atoms with Crippen molar-refractivity contribution in [2.75, 3.05) is 4.90 Å². The van der Waals surface area contributed by atoms with Crippen LogP contribution in [0.25, 0.3) is 0 Å². The molecule has 3 heteroatoms. The van der Waals surface area contributed by atoms with Crippen LogP contribution in [0, 0.1) is 5.92 Å². The van der Waals surface area contributed by atoms with Crippen LogP contribution in [0.2, 0.25) is 0 Å². The first-order chi connectivity index (χ1) is 13.3. The average molecular weight is 404 g/mol. The van der Waals surface area contributed by atoms with Gasteiger partial charge in [0.1, 0.15) is 0 Å². The maximum atomic E-state index is 11.2. The van der Waals surface area contributed by atoms with Gasteiger partial charge in [0.15, 0.2) is 0 Å². The lowest BCUT2D eigenvalue weighted by atomic mass is 9.73. The van der Waals surface area contributed by atoms with Gasteiger partial charge >= 0.3 is 0 Å². The molecule has 1 N–H and O–H groups in total. The second-order valence-corrected chi connectivity index (χ2v) is 10.6. The highest BCUT2D eigenvalue weighted by Crippen LogP contribution is 2.41. The number of thiol groups is 1. The van der Waals surface area contributed by atoms with Crippen LogP contribution < -0.4 is 4.90 Å². The Bertz CT molecular complexity index is 597. The van der Waals surface area contributed by atoms with Crippen LogP contribution in [-0.2, 0) is 0 Å². The maximum absolute atomic E-state index is 11.2. The van der Waals surface area contributed by atoms with Gasteiger partial charge in [-0.05, 0) is 68.1 Å². The highest BCUT2D eigenvalue weighted by atomic mass is 32.1. The first-order valence-electron chi connectivity index (χ1n) is 11.6.